The largest absolute Gasteiger partial charge is 0.466 e. The molecule has 1 aliphatic rings. The van der Waals surface area contributed by atoms with E-state index in [-0.39, 0.29) is 24.2 Å². The maximum Gasteiger partial charge on any atom is 0.333 e. The Balaban J connectivity index is 2.07. The molecule has 10 nitrogen and oxygen atoms in total. The monoisotopic (exact) mass is 466 g/mol. The number of hydrogen-bond acceptors (Lipinski definition) is 8. The Labute approximate surface area is 194 Å². The van der Waals surface area contributed by atoms with Crippen molar-refractivity contribution in [2.24, 2.45) is 0 Å². The standard InChI is InChI=1S/C24H22N2O8/c1-33-23(27)19-11-17(15-3-7-21(8-4-15)25(29)30)13-20(24(28)34-2)14-18(12-19)16-5-9-22(10-6-16)26(31)32/h3-11,14,17-18H,12-13H2,1-2H3/b19-11+,20-14+/t17-,18+/m0/s1. The number of non-ortho nitro benzene ring substituents is 2. The molecule has 0 saturated heterocycles. The normalized spacial score (nSPS) is 21.0. The van der Waals surface area contributed by atoms with E-state index in [1.807, 2.05) is 0 Å². The quantitative estimate of drug-likeness (QED) is 0.347. The van der Waals surface area contributed by atoms with Crippen molar-refractivity contribution in [3.63, 3.8) is 0 Å². The van der Waals surface area contributed by atoms with Gasteiger partial charge in [0.1, 0.15) is 0 Å². The van der Waals surface area contributed by atoms with E-state index >= 15 is 0 Å². The number of esters is 2. The summed E-state index contributed by atoms with van der Waals surface area (Å²) in [5.74, 6) is -1.99. The molecule has 2 aromatic carbocycles. The summed E-state index contributed by atoms with van der Waals surface area (Å²) in [6.45, 7) is 0. The number of rotatable bonds is 6. The number of benzene rings is 2. The third-order valence-electron chi connectivity index (χ3n) is 5.64. The van der Waals surface area contributed by atoms with E-state index in [0.717, 1.165) is 0 Å². The molecule has 0 aliphatic heterocycles. The predicted octanol–water partition coefficient (Wildman–Crippen LogP) is 4.36. The average Bonchev–Trinajstić information content (AvgIpc) is 2.83. The van der Waals surface area contributed by atoms with Crippen LogP contribution in [0, 0.1) is 20.2 Å². The lowest BCUT2D eigenvalue weighted by Gasteiger charge is -2.23. The van der Waals surface area contributed by atoms with E-state index in [2.05, 4.69) is 0 Å². The molecular formula is C24H22N2O8. The number of hydrogen-bond donors (Lipinski definition) is 0. The van der Waals surface area contributed by atoms with Crippen molar-refractivity contribution in [2.45, 2.75) is 24.7 Å². The van der Waals surface area contributed by atoms with Crippen molar-refractivity contribution < 1.29 is 28.9 Å². The Bertz CT molecular complexity index is 1070. The van der Waals surface area contributed by atoms with Gasteiger partial charge in [-0.05, 0) is 24.0 Å². The van der Waals surface area contributed by atoms with Crippen LogP contribution in [0.2, 0.25) is 0 Å². The molecule has 0 aromatic heterocycles. The van der Waals surface area contributed by atoms with Crippen molar-refractivity contribution in [1.82, 2.24) is 0 Å². The Morgan fingerprint density at radius 3 is 1.29 bits per heavy atom. The average molecular weight is 466 g/mol. The van der Waals surface area contributed by atoms with E-state index in [1.165, 1.54) is 38.5 Å². The zero-order chi connectivity index (χ0) is 24.8. The van der Waals surface area contributed by atoms with Crippen molar-refractivity contribution >= 4 is 23.3 Å². The van der Waals surface area contributed by atoms with Gasteiger partial charge in [0, 0.05) is 47.2 Å². The minimum atomic E-state index is -0.547. The predicted molar refractivity (Wildman–Crippen MR) is 121 cm³/mol. The van der Waals surface area contributed by atoms with Gasteiger partial charge in [-0.15, -0.1) is 0 Å². The van der Waals surface area contributed by atoms with Gasteiger partial charge in [0.05, 0.1) is 24.1 Å². The highest BCUT2D eigenvalue weighted by Crippen LogP contribution is 2.37. The first-order chi connectivity index (χ1) is 16.2. The number of carbonyl (C=O) groups is 2. The number of nitro groups is 2. The van der Waals surface area contributed by atoms with Crippen LogP contribution in [0.15, 0.2) is 71.8 Å². The van der Waals surface area contributed by atoms with Gasteiger partial charge in [0.2, 0.25) is 0 Å². The van der Waals surface area contributed by atoms with Gasteiger partial charge < -0.3 is 9.47 Å². The second-order valence-electron chi connectivity index (χ2n) is 7.69. The van der Waals surface area contributed by atoms with Crippen LogP contribution in [0.5, 0.6) is 0 Å². The molecule has 2 atom stereocenters. The topological polar surface area (TPSA) is 139 Å². The number of carbonyl (C=O) groups excluding carboxylic acids is 2. The van der Waals surface area contributed by atoms with E-state index < -0.39 is 33.6 Å². The molecule has 0 saturated carbocycles. The number of allylic oxidation sites excluding steroid dienone is 2. The highest BCUT2D eigenvalue weighted by Gasteiger charge is 2.27. The molecule has 10 heteroatoms. The van der Waals surface area contributed by atoms with Crippen LogP contribution in [0.25, 0.3) is 0 Å². The zero-order valence-electron chi connectivity index (χ0n) is 18.5. The van der Waals surface area contributed by atoms with Crippen LogP contribution in [0.3, 0.4) is 0 Å². The van der Waals surface area contributed by atoms with Crippen LogP contribution in [0.1, 0.15) is 35.8 Å². The Morgan fingerprint density at radius 2 is 1.03 bits per heavy atom. The molecule has 0 bridgehead atoms. The first-order valence-corrected chi connectivity index (χ1v) is 10.3. The second kappa shape index (κ2) is 10.5. The molecule has 0 heterocycles. The summed E-state index contributed by atoms with van der Waals surface area (Å²) in [6.07, 6.45) is 3.74. The van der Waals surface area contributed by atoms with Crippen molar-refractivity contribution in [3.05, 3.63) is 103 Å². The van der Waals surface area contributed by atoms with Crippen molar-refractivity contribution in [3.8, 4) is 0 Å². The lowest BCUT2D eigenvalue weighted by atomic mass is 9.81. The number of nitro benzene ring substituents is 2. The summed E-state index contributed by atoms with van der Waals surface area (Å²) in [5, 5.41) is 22.0. The molecule has 0 spiro atoms. The third-order valence-corrected chi connectivity index (χ3v) is 5.64. The smallest absolute Gasteiger partial charge is 0.333 e. The van der Waals surface area contributed by atoms with Crippen molar-refractivity contribution in [1.29, 1.82) is 0 Å². The van der Waals surface area contributed by atoms with Gasteiger partial charge >= 0.3 is 11.9 Å². The first kappa shape index (κ1) is 24.3. The molecule has 3 rings (SSSR count). The molecule has 1 aliphatic carbocycles. The minimum Gasteiger partial charge on any atom is -0.466 e. The zero-order valence-corrected chi connectivity index (χ0v) is 18.5. The van der Waals surface area contributed by atoms with E-state index in [4.69, 9.17) is 9.47 Å². The van der Waals surface area contributed by atoms with Gasteiger partial charge in [-0.25, -0.2) is 9.59 Å². The Hall–Kier alpha value is -4.34. The van der Waals surface area contributed by atoms with E-state index in [0.29, 0.717) is 22.3 Å². The van der Waals surface area contributed by atoms with E-state index in [1.54, 1.807) is 36.4 Å². The third kappa shape index (κ3) is 5.52. The Morgan fingerprint density at radius 1 is 0.706 bits per heavy atom. The molecule has 2 aromatic rings. The lowest BCUT2D eigenvalue weighted by Crippen LogP contribution is -2.16. The van der Waals surface area contributed by atoms with Gasteiger partial charge in [-0.3, -0.25) is 20.2 Å². The molecule has 176 valence electrons. The maximum atomic E-state index is 12.6. The number of methoxy groups -OCH3 is 2. The van der Waals surface area contributed by atoms with Gasteiger partial charge in [0.25, 0.3) is 11.4 Å². The molecule has 34 heavy (non-hydrogen) atoms. The summed E-state index contributed by atoms with van der Waals surface area (Å²) in [7, 11) is 2.53. The van der Waals surface area contributed by atoms with Crippen LogP contribution < -0.4 is 0 Å². The summed E-state index contributed by atoms with van der Waals surface area (Å²) >= 11 is 0. The lowest BCUT2D eigenvalue weighted by molar-refractivity contribution is -0.385. The molecule has 0 N–H and O–H groups in total. The highest BCUT2D eigenvalue weighted by molar-refractivity contribution is 5.91. The fourth-order valence-electron chi connectivity index (χ4n) is 3.89. The van der Waals surface area contributed by atoms with Gasteiger partial charge in [-0.2, -0.15) is 0 Å². The molecule has 0 radical (unpaired) electrons. The summed E-state index contributed by atoms with van der Waals surface area (Å²) < 4.78 is 9.91. The molecular weight excluding hydrogens is 444 g/mol. The minimum absolute atomic E-state index is 0.0752. The molecule has 0 amide bonds. The summed E-state index contributed by atoms with van der Waals surface area (Å²) in [5.41, 5.74) is 1.91. The molecule has 0 unspecified atom stereocenters. The van der Waals surface area contributed by atoms with Crippen LogP contribution in [-0.2, 0) is 19.1 Å². The second-order valence-corrected chi connectivity index (χ2v) is 7.69. The number of ether oxygens (including phenoxy) is 2. The maximum absolute atomic E-state index is 12.6. The SMILES string of the molecule is COC(=O)/C1=C/[C@H](c2ccc([N+](=O)[O-])cc2)C/C(C(=O)OC)=C\[C@H](c2ccc([N+](=O)[O-])cc2)C1. The first-order valence-electron chi connectivity index (χ1n) is 10.3. The van der Waals surface area contributed by atoms with Gasteiger partial charge in [0.15, 0.2) is 0 Å². The summed E-state index contributed by atoms with van der Waals surface area (Å²) in [4.78, 5) is 46.1. The van der Waals surface area contributed by atoms with E-state index in [9.17, 15) is 29.8 Å². The molecule has 0 fully saturated rings. The van der Waals surface area contributed by atoms with Gasteiger partial charge in [-0.1, -0.05) is 36.4 Å². The van der Waals surface area contributed by atoms with Crippen molar-refractivity contribution in [2.75, 3.05) is 14.2 Å². The number of nitrogens with zero attached hydrogens (tertiary/aromatic N) is 2. The fraction of sp³-hybridized carbons (Fsp3) is 0.250. The Kier molecular flexibility index (Phi) is 7.52. The fourth-order valence-corrected chi connectivity index (χ4v) is 3.89. The van der Waals surface area contributed by atoms with Crippen LogP contribution in [-0.4, -0.2) is 36.0 Å². The summed E-state index contributed by atoms with van der Waals surface area (Å²) in [6, 6.07) is 11.8. The van der Waals surface area contributed by atoms with Crippen LogP contribution in [0.4, 0.5) is 11.4 Å². The highest BCUT2D eigenvalue weighted by atomic mass is 16.6. The van der Waals surface area contributed by atoms with Crippen LogP contribution >= 0.6 is 0 Å².